The van der Waals surface area contributed by atoms with E-state index in [-0.39, 0.29) is 6.10 Å². The van der Waals surface area contributed by atoms with Gasteiger partial charge in [0.2, 0.25) is 0 Å². The molecule has 0 aliphatic carbocycles. The van der Waals surface area contributed by atoms with Crippen molar-refractivity contribution in [3.05, 3.63) is 24.3 Å². The van der Waals surface area contributed by atoms with Crippen molar-refractivity contribution in [2.24, 2.45) is 5.73 Å². The van der Waals surface area contributed by atoms with Crippen LogP contribution in [0.15, 0.2) is 24.3 Å². The van der Waals surface area contributed by atoms with Crippen molar-refractivity contribution < 1.29 is 14.3 Å². The summed E-state index contributed by atoms with van der Waals surface area (Å²) in [5, 5.41) is 0. The molecule has 1 atom stereocenters. The zero-order valence-corrected chi connectivity index (χ0v) is 11.3. The van der Waals surface area contributed by atoms with E-state index in [9.17, 15) is 4.79 Å². The smallest absolute Gasteiger partial charge is 0.404 e. The first-order chi connectivity index (χ1) is 9.11. The fourth-order valence-electron chi connectivity index (χ4n) is 1.73. The van der Waals surface area contributed by atoms with E-state index < -0.39 is 6.09 Å². The van der Waals surface area contributed by atoms with Crippen molar-refractivity contribution in [3.8, 4) is 5.75 Å². The van der Waals surface area contributed by atoms with Crippen LogP contribution in [0.1, 0.15) is 32.6 Å². The van der Waals surface area contributed by atoms with Crippen LogP contribution in [0.5, 0.6) is 5.75 Å². The number of ether oxygens (including phenoxy) is 2. The lowest BCUT2D eigenvalue weighted by atomic mass is 10.1. The Bertz CT molecular complexity index is 379. The van der Waals surface area contributed by atoms with Crippen LogP contribution in [-0.2, 0) is 4.74 Å². The molecule has 5 heteroatoms. The second-order valence-electron chi connectivity index (χ2n) is 4.41. The lowest BCUT2D eigenvalue weighted by Crippen LogP contribution is -2.24. The van der Waals surface area contributed by atoms with Gasteiger partial charge >= 0.3 is 6.09 Å². The first kappa shape index (κ1) is 15.1. The van der Waals surface area contributed by atoms with E-state index in [4.69, 9.17) is 20.9 Å². The molecule has 1 aromatic carbocycles. The molecule has 1 unspecified atom stereocenters. The molecule has 106 valence electrons. The van der Waals surface area contributed by atoms with Crippen LogP contribution in [-0.4, -0.2) is 18.8 Å². The molecule has 1 rings (SSSR count). The monoisotopic (exact) mass is 266 g/mol. The molecule has 0 aromatic heterocycles. The Morgan fingerprint density at radius 2 is 1.95 bits per heavy atom. The van der Waals surface area contributed by atoms with Crippen LogP contribution >= 0.6 is 0 Å². The summed E-state index contributed by atoms with van der Waals surface area (Å²) in [5.41, 5.74) is 11.3. The van der Waals surface area contributed by atoms with Crippen LogP contribution in [0, 0.1) is 0 Å². The highest BCUT2D eigenvalue weighted by molar-refractivity contribution is 5.64. The molecule has 0 aliphatic heterocycles. The minimum absolute atomic E-state index is 0.175. The molecule has 4 N–H and O–H groups in total. The summed E-state index contributed by atoms with van der Waals surface area (Å²) in [6, 6.07) is 7.18. The molecule has 0 bridgehead atoms. The maximum absolute atomic E-state index is 10.8. The predicted octanol–water partition coefficient (Wildman–Crippen LogP) is 2.69. The molecule has 0 saturated carbocycles. The number of rotatable bonds is 8. The maximum Gasteiger partial charge on any atom is 0.404 e. The largest absolute Gasteiger partial charge is 0.493 e. The zero-order valence-electron chi connectivity index (χ0n) is 11.3. The number of amides is 1. The van der Waals surface area contributed by atoms with Gasteiger partial charge in [-0.3, -0.25) is 0 Å². The highest BCUT2D eigenvalue weighted by Gasteiger charge is 2.12. The fraction of sp³-hybridized carbons (Fsp3) is 0.500. The summed E-state index contributed by atoms with van der Waals surface area (Å²) in [7, 11) is 0. The van der Waals surface area contributed by atoms with Crippen LogP contribution < -0.4 is 16.2 Å². The highest BCUT2D eigenvalue weighted by atomic mass is 16.6. The fourth-order valence-corrected chi connectivity index (χ4v) is 1.73. The van der Waals surface area contributed by atoms with Gasteiger partial charge in [0, 0.05) is 12.1 Å². The SMILES string of the molecule is CCCCC(CCOc1ccc(N)cc1)OC(N)=O. The van der Waals surface area contributed by atoms with Gasteiger partial charge in [-0.2, -0.15) is 0 Å². The second kappa shape index (κ2) is 8.24. The Balaban J connectivity index is 2.34. The van der Waals surface area contributed by atoms with Crippen molar-refractivity contribution in [2.75, 3.05) is 12.3 Å². The number of nitrogen functional groups attached to an aromatic ring is 1. The summed E-state index contributed by atoms with van der Waals surface area (Å²) in [4.78, 5) is 10.8. The lowest BCUT2D eigenvalue weighted by molar-refractivity contribution is 0.0840. The normalized spacial score (nSPS) is 11.8. The van der Waals surface area contributed by atoms with Crippen molar-refractivity contribution in [1.29, 1.82) is 0 Å². The van der Waals surface area contributed by atoms with Gasteiger partial charge in [0.25, 0.3) is 0 Å². The molecule has 0 heterocycles. The van der Waals surface area contributed by atoms with E-state index in [0.717, 1.165) is 25.0 Å². The van der Waals surface area contributed by atoms with Gasteiger partial charge in [-0.15, -0.1) is 0 Å². The van der Waals surface area contributed by atoms with Crippen LogP contribution in [0.2, 0.25) is 0 Å². The van der Waals surface area contributed by atoms with Crippen molar-refractivity contribution in [1.82, 2.24) is 0 Å². The molecule has 19 heavy (non-hydrogen) atoms. The molecule has 0 fully saturated rings. The number of benzene rings is 1. The topological polar surface area (TPSA) is 87.6 Å². The average Bonchev–Trinajstić information content (AvgIpc) is 2.37. The van der Waals surface area contributed by atoms with Gasteiger partial charge in [0.15, 0.2) is 0 Å². The lowest BCUT2D eigenvalue weighted by Gasteiger charge is -2.16. The van der Waals surface area contributed by atoms with Crippen molar-refractivity contribution in [3.63, 3.8) is 0 Å². The molecule has 0 aliphatic rings. The van der Waals surface area contributed by atoms with E-state index in [1.807, 2.05) is 12.1 Å². The number of hydrogen-bond donors (Lipinski definition) is 2. The Kier molecular flexibility index (Phi) is 6.57. The molecule has 0 saturated heterocycles. The number of carbonyl (C=O) groups excluding carboxylic acids is 1. The quantitative estimate of drug-likeness (QED) is 0.708. The van der Waals surface area contributed by atoms with Crippen LogP contribution in [0.4, 0.5) is 10.5 Å². The molecule has 0 radical (unpaired) electrons. The summed E-state index contributed by atoms with van der Waals surface area (Å²) >= 11 is 0. The molecular weight excluding hydrogens is 244 g/mol. The van der Waals surface area contributed by atoms with Crippen LogP contribution in [0.3, 0.4) is 0 Å². The van der Waals surface area contributed by atoms with E-state index in [2.05, 4.69) is 6.92 Å². The van der Waals surface area contributed by atoms with Gasteiger partial charge in [0.1, 0.15) is 11.9 Å². The summed E-state index contributed by atoms with van der Waals surface area (Å²) in [5.74, 6) is 0.752. The summed E-state index contributed by atoms with van der Waals surface area (Å²) in [6.07, 6.45) is 2.59. The van der Waals surface area contributed by atoms with E-state index in [1.54, 1.807) is 12.1 Å². The molecule has 1 aromatic rings. The van der Waals surface area contributed by atoms with Gasteiger partial charge in [-0.1, -0.05) is 19.8 Å². The predicted molar refractivity (Wildman–Crippen MR) is 74.9 cm³/mol. The van der Waals surface area contributed by atoms with Crippen molar-refractivity contribution in [2.45, 2.75) is 38.7 Å². The van der Waals surface area contributed by atoms with E-state index in [0.29, 0.717) is 18.7 Å². The molecule has 5 nitrogen and oxygen atoms in total. The van der Waals surface area contributed by atoms with E-state index >= 15 is 0 Å². The third kappa shape index (κ3) is 6.55. The summed E-state index contributed by atoms with van der Waals surface area (Å²) in [6.45, 7) is 2.57. The van der Waals surface area contributed by atoms with Crippen molar-refractivity contribution >= 4 is 11.8 Å². The first-order valence-corrected chi connectivity index (χ1v) is 6.56. The highest BCUT2D eigenvalue weighted by Crippen LogP contribution is 2.15. The maximum atomic E-state index is 10.8. The van der Waals surface area contributed by atoms with Gasteiger partial charge in [0.05, 0.1) is 6.61 Å². The Morgan fingerprint density at radius 1 is 1.26 bits per heavy atom. The van der Waals surface area contributed by atoms with Gasteiger partial charge < -0.3 is 20.9 Å². The minimum Gasteiger partial charge on any atom is -0.493 e. The van der Waals surface area contributed by atoms with E-state index in [1.165, 1.54) is 0 Å². The number of hydrogen-bond acceptors (Lipinski definition) is 4. The molecule has 1 amide bonds. The first-order valence-electron chi connectivity index (χ1n) is 6.56. The zero-order chi connectivity index (χ0) is 14.1. The molecule has 0 spiro atoms. The Labute approximate surface area is 113 Å². The number of unbranched alkanes of at least 4 members (excludes halogenated alkanes) is 1. The Morgan fingerprint density at radius 3 is 2.53 bits per heavy atom. The van der Waals surface area contributed by atoms with Gasteiger partial charge in [-0.05, 0) is 30.7 Å². The molecular formula is C14H22N2O3. The number of nitrogens with two attached hydrogens (primary N) is 2. The van der Waals surface area contributed by atoms with Crippen LogP contribution in [0.25, 0.3) is 0 Å². The summed E-state index contributed by atoms with van der Waals surface area (Å²) < 4.78 is 10.6. The third-order valence-electron chi connectivity index (χ3n) is 2.75. The minimum atomic E-state index is -0.728. The average molecular weight is 266 g/mol. The standard InChI is InChI=1S/C14H22N2O3/c1-2-3-4-13(19-14(16)17)9-10-18-12-7-5-11(15)6-8-12/h5-8,13H,2-4,9-10,15H2,1H3,(H2,16,17). The number of carbonyl (C=O) groups is 1. The second-order valence-corrected chi connectivity index (χ2v) is 4.41. The number of anilines is 1. The number of primary amides is 1. The Hall–Kier alpha value is -1.91. The van der Waals surface area contributed by atoms with Gasteiger partial charge in [-0.25, -0.2) is 4.79 Å². The third-order valence-corrected chi connectivity index (χ3v) is 2.75.